The number of rotatable bonds is 6. The van der Waals surface area contributed by atoms with E-state index in [0.29, 0.717) is 36.8 Å². The Hall–Kier alpha value is -2.72. The highest BCUT2D eigenvalue weighted by Gasteiger charge is 2.25. The van der Waals surface area contributed by atoms with Gasteiger partial charge in [0.1, 0.15) is 11.6 Å². The van der Waals surface area contributed by atoms with Crippen LogP contribution >= 0.6 is 0 Å². The van der Waals surface area contributed by atoms with Crippen molar-refractivity contribution in [3.63, 3.8) is 0 Å². The molecule has 2 aromatic rings. The molecule has 3 rings (SSSR count). The summed E-state index contributed by atoms with van der Waals surface area (Å²) in [5, 5.41) is 11.6. The summed E-state index contributed by atoms with van der Waals surface area (Å²) < 4.78 is 50.2. The van der Waals surface area contributed by atoms with E-state index in [1.165, 1.54) is 24.3 Å². The van der Waals surface area contributed by atoms with Crippen LogP contribution in [0.1, 0.15) is 18.9 Å². The molecule has 0 aromatic heterocycles. The highest BCUT2D eigenvalue weighted by Crippen LogP contribution is 2.24. The molecule has 30 heavy (non-hydrogen) atoms. The second-order valence-electron chi connectivity index (χ2n) is 7.06. The van der Waals surface area contributed by atoms with E-state index in [1.807, 2.05) is 11.8 Å². The molecule has 2 aromatic carbocycles. The minimum atomic E-state index is -3.77. The van der Waals surface area contributed by atoms with Crippen LogP contribution in [-0.4, -0.2) is 40.1 Å². The van der Waals surface area contributed by atoms with Gasteiger partial charge in [-0.25, -0.2) is 27.3 Å². The van der Waals surface area contributed by atoms with Gasteiger partial charge in [-0.15, -0.1) is 0 Å². The summed E-state index contributed by atoms with van der Waals surface area (Å²) in [5.74, 6) is -0.603. The Labute approximate surface area is 175 Å². The molecule has 7 nitrogen and oxygen atoms in total. The quantitative estimate of drug-likeness (QED) is 0.474. The highest BCUT2D eigenvalue weighted by molar-refractivity contribution is 7.89. The number of primary sulfonamides is 1. The maximum atomic E-state index is 14.0. The van der Waals surface area contributed by atoms with Crippen LogP contribution in [-0.2, 0) is 16.6 Å². The second kappa shape index (κ2) is 9.40. The largest absolute Gasteiger partial charge is 0.367 e. The summed E-state index contributed by atoms with van der Waals surface area (Å²) >= 11 is 0. The van der Waals surface area contributed by atoms with Crippen molar-refractivity contribution in [2.75, 3.05) is 24.5 Å². The molecule has 1 heterocycles. The van der Waals surface area contributed by atoms with Crippen LogP contribution in [0.25, 0.3) is 0 Å². The number of anilines is 1. The van der Waals surface area contributed by atoms with Crippen LogP contribution in [0.3, 0.4) is 0 Å². The van der Waals surface area contributed by atoms with Crippen LogP contribution in [0.15, 0.2) is 52.4 Å². The van der Waals surface area contributed by atoms with Crippen molar-refractivity contribution in [2.24, 2.45) is 10.1 Å². The molecule has 1 aliphatic heterocycles. The van der Waals surface area contributed by atoms with Gasteiger partial charge >= 0.3 is 0 Å². The van der Waals surface area contributed by atoms with E-state index >= 15 is 0 Å². The first-order chi connectivity index (χ1) is 14.3. The molecule has 0 spiro atoms. The minimum absolute atomic E-state index is 0.0306. The van der Waals surface area contributed by atoms with Crippen molar-refractivity contribution in [1.29, 1.82) is 0 Å². The van der Waals surface area contributed by atoms with Gasteiger partial charge in [0.2, 0.25) is 10.0 Å². The summed E-state index contributed by atoms with van der Waals surface area (Å²) in [4.78, 5) is 6.42. The molecular formula is C20H25F2N5O2S. The van der Waals surface area contributed by atoms with Gasteiger partial charge in [0.05, 0.1) is 17.1 Å². The molecular weight excluding hydrogens is 412 g/mol. The Morgan fingerprint density at radius 2 is 2.07 bits per heavy atom. The molecule has 1 fully saturated rings. The van der Waals surface area contributed by atoms with E-state index < -0.39 is 21.7 Å². The number of guanidine groups is 1. The van der Waals surface area contributed by atoms with E-state index in [4.69, 9.17) is 5.14 Å². The van der Waals surface area contributed by atoms with Crippen molar-refractivity contribution in [2.45, 2.75) is 30.8 Å². The molecule has 0 amide bonds. The van der Waals surface area contributed by atoms with E-state index in [0.717, 1.165) is 12.5 Å². The van der Waals surface area contributed by atoms with Crippen LogP contribution < -0.4 is 20.7 Å². The molecule has 1 unspecified atom stereocenters. The molecule has 1 atom stereocenters. The fourth-order valence-corrected chi connectivity index (χ4v) is 3.92. The number of sulfonamides is 1. The van der Waals surface area contributed by atoms with E-state index in [2.05, 4.69) is 15.6 Å². The third-order valence-electron chi connectivity index (χ3n) is 4.77. The van der Waals surface area contributed by atoms with Gasteiger partial charge in [-0.3, -0.25) is 0 Å². The lowest BCUT2D eigenvalue weighted by atomic mass is 10.2. The smallest absolute Gasteiger partial charge is 0.238 e. The normalized spacial score (nSPS) is 17.3. The van der Waals surface area contributed by atoms with Gasteiger partial charge < -0.3 is 15.5 Å². The summed E-state index contributed by atoms with van der Waals surface area (Å²) in [5.41, 5.74) is 1.09. The zero-order valence-corrected chi connectivity index (χ0v) is 17.4. The number of nitrogens with two attached hydrogens (primary N) is 1. The summed E-state index contributed by atoms with van der Waals surface area (Å²) in [6.07, 6.45) is 0.766. The summed E-state index contributed by atoms with van der Waals surface area (Å²) in [6.45, 7) is 4.03. The topological polar surface area (TPSA) is 99.8 Å². The highest BCUT2D eigenvalue weighted by atomic mass is 32.2. The van der Waals surface area contributed by atoms with Gasteiger partial charge in [0, 0.05) is 31.7 Å². The van der Waals surface area contributed by atoms with Gasteiger partial charge in [0.25, 0.3) is 0 Å². The van der Waals surface area contributed by atoms with Crippen LogP contribution in [0.4, 0.5) is 14.5 Å². The molecule has 0 bridgehead atoms. The average molecular weight is 438 g/mol. The molecule has 0 radical (unpaired) electrons. The zero-order valence-electron chi connectivity index (χ0n) is 16.6. The van der Waals surface area contributed by atoms with Crippen LogP contribution in [0.5, 0.6) is 0 Å². The Morgan fingerprint density at radius 1 is 1.27 bits per heavy atom. The van der Waals surface area contributed by atoms with Crippen molar-refractivity contribution in [3.8, 4) is 0 Å². The van der Waals surface area contributed by atoms with Crippen molar-refractivity contribution < 1.29 is 17.2 Å². The number of benzene rings is 2. The van der Waals surface area contributed by atoms with Gasteiger partial charge in [-0.05, 0) is 43.2 Å². The zero-order chi connectivity index (χ0) is 21.7. The van der Waals surface area contributed by atoms with Crippen molar-refractivity contribution in [3.05, 3.63) is 59.7 Å². The molecule has 162 valence electrons. The second-order valence-corrected chi connectivity index (χ2v) is 8.62. The first-order valence-electron chi connectivity index (χ1n) is 9.63. The third-order valence-corrected chi connectivity index (χ3v) is 5.68. The molecule has 1 saturated heterocycles. The summed E-state index contributed by atoms with van der Waals surface area (Å²) in [6, 6.07) is 9.95. The Morgan fingerprint density at radius 3 is 2.77 bits per heavy atom. The van der Waals surface area contributed by atoms with Gasteiger partial charge in [-0.1, -0.05) is 12.1 Å². The number of hydrogen-bond acceptors (Lipinski definition) is 4. The Balaban J connectivity index is 1.66. The van der Waals surface area contributed by atoms with Gasteiger partial charge in [0.15, 0.2) is 5.96 Å². The van der Waals surface area contributed by atoms with E-state index in [9.17, 15) is 17.2 Å². The lowest BCUT2D eigenvalue weighted by Crippen LogP contribution is -2.44. The number of hydrogen-bond donors (Lipinski definition) is 3. The maximum Gasteiger partial charge on any atom is 0.238 e. The van der Waals surface area contributed by atoms with Crippen molar-refractivity contribution >= 4 is 21.7 Å². The standard InChI is InChI=1S/C20H25F2N5O2S/c1-2-24-20(25-12-14-4-3-5-17(10-14)30(23,28)29)26-16-8-9-27(13-16)19-7-6-15(21)11-18(19)22/h3-7,10-11,16H,2,8-9,12-13H2,1H3,(H2,23,28,29)(H2,24,25,26). The average Bonchev–Trinajstić information content (AvgIpc) is 3.14. The molecule has 10 heteroatoms. The number of nitrogens with one attached hydrogen (secondary N) is 2. The summed E-state index contributed by atoms with van der Waals surface area (Å²) in [7, 11) is -3.77. The predicted octanol–water partition coefficient (Wildman–Crippen LogP) is 1.95. The third kappa shape index (κ3) is 5.67. The number of aliphatic imine (C=N–C) groups is 1. The maximum absolute atomic E-state index is 14.0. The monoisotopic (exact) mass is 437 g/mol. The molecule has 1 aliphatic rings. The Kier molecular flexibility index (Phi) is 6.88. The SMILES string of the molecule is CCNC(=NCc1cccc(S(N)(=O)=O)c1)NC1CCN(c2ccc(F)cc2F)C1. The first-order valence-corrected chi connectivity index (χ1v) is 11.2. The number of halogens is 2. The molecule has 0 aliphatic carbocycles. The van der Waals surface area contributed by atoms with Crippen LogP contribution in [0.2, 0.25) is 0 Å². The fraction of sp³-hybridized carbons (Fsp3) is 0.350. The Bertz CT molecular complexity index is 1030. The lowest BCUT2D eigenvalue weighted by molar-refractivity contribution is 0.580. The van der Waals surface area contributed by atoms with E-state index in [1.54, 1.807) is 12.1 Å². The lowest BCUT2D eigenvalue weighted by Gasteiger charge is -2.21. The minimum Gasteiger partial charge on any atom is -0.367 e. The van der Waals surface area contributed by atoms with Crippen LogP contribution in [0, 0.1) is 11.6 Å². The van der Waals surface area contributed by atoms with Crippen molar-refractivity contribution in [1.82, 2.24) is 10.6 Å². The number of nitrogens with zero attached hydrogens (tertiary/aromatic N) is 2. The van der Waals surface area contributed by atoms with E-state index in [-0.39, 0.29) is 17.5 Å². The first kappa shape index (κ1) is 22.0. The predicted molar refractivity (Wildman–Crippen MR) is 113 cm³/mol. The molecule has 4 N–H and O–H groups in total. The fourth-order valence-electron chi connectivity index (χ4n) is 3.34. The van der Waals surface area contributed by atoms with Gasteiger partial charge in [-0.2, -0.15) is 0 Å². The molecule has 0 saturated carbocycles.